The van der Waals surface area contributed by atoms with E-state index in [0.29, 0.717) is 25.3 Å². The lowest BCUT2D eigenvalue weighted by Gasteiger charge is -2.33. The smallest absolute Gasteiger partial charge is 0.390 e. The van der Waals surface area contributed by atoms with E-state index >= 15 is 0 Å². The first-order valence-corrected chi connectivity index (χ1v) is 7.17. The Kier molecular flexibility index (Phi) is 5.42. The number of pyridine rings is 1. The van der Waals surface area contributed by atoms with Gasteiger partial charge in [-0.15, -0.1) is 0 Å². The highest BCUT2D eigenvalue weighted by atomic mass is 19.4. The van der Waals surface area contributed by atoms with Crippen LogP contribution in [0.25, 0.3) is 0 Å². The molecule has 0 amide bonds. The Bertz CT molecular complexity index is 565. The first-order chi connectivity index (χ1) is 10.8. The number of carbonyl (C=O) groups is 1. The van der Waals surface area contributed by atoms with Gasteiger partial charge in [-0.05, 0) is 12.1 Å². The van der Waals surface area contributed by atoms with Gasteiger partial charge < -0.3 is 15.8 Å². The second-order valence-electron chi connectivity index (χ2n) is 5.33. The molecule has 3 N–H and O–H groups in total. The molecule has 2 heterocycles. The average molecular weight is 332 g/mol. The summed E-state index contributed by atoms with van der Waals surface area (Å²) in [6, 6.07) is 2.92. The van der Waals surface area contributed by atoms with Crippen molar-refractivity contribution in [2.75, 3.05) is 39.0 Å². The van der Waals surface area contributed by atoms with Crippen LogP contribution in [-0.4, -0.2) is 55.3 Å². The zero-order chi connectivity index (χ0) is 17.0. The second kappa shape index (κ2) is 7.14. The summed E-state index contributed by atoms with van der Waals surface area (Å²) in [5, 5.41) is 3.20. The summed E-state index contributed by atoms with van der Waals surface area (Å²) in [6.45, 7) is 1.46. The van der Waals surface area contributed by atoms with Crippen LogP contribution in [0, 0.1) is 0 Å². The maximum Gasteiger partial charge on any atom is 0.390 e. The number of nitrogens with one attached hydrogen (secondary N) is 1. The van der Waals surface area contributed by atoms with Crippen molar-refractivity contribution >= 4 is 11.8 Å². The maximum absolute atomic E-state index is 12.3. The van der Waals surface area contributed by atoms with Gasteiger partial charge in [0.2, 0.25) is 0 Å². The van der Waals surface area contributed by atoms with E-state index in [1.807, 2.05) is 0 Å². The molecular formula is C14H19F3N4O2. The lowest BCUT2D eigenvalue weighted by atomic mass is 10.1. The number of methoxy groups -OCH3 is 1. The van der Waals surface area contributed by atoms with Crippen LogP contribution in [0.15, 0.2) is 12.1 Å². The fraction of sp³-hybridized carbons (Fsp3) is 0.571. The van der Waals surface area contributed by atoms with E-state index in [0.717, 1.165) is 0 Å². The summed E-state index contributed by atoms with van der Waals surface area (Å²) >= 11 is 0. The maximum atomic E-state index is 12.3. The minimum Gasteiger partial charge on any atom is -0.465 e. The molecule has 6 nitrogen and oxygen atoms in total. The molecule has 1 aromatic heterocycles. The van der Waals surface area contributed by atoms with Gasteiger partial charge in [-0.3, -0.25) is 4.90 Å². The van der Waals surface area contributed by atoms with Crippen molar-refractivity contribution < 1.29 is 22.7 Å². The van der Waals surface area contributed by atoms with Gasteiger partial charge in [0.15, 0.2) is 0 Å². The highest BCUT2D eigenvalue weighted by Gasteiger charge is 2.30. The van der Waals surface area contributed by atoms with E-state index in [1.54, 1.807) is 11.0 Å². The fourth-order valence-electron chi connectivity index (χ4n) is 2.46. The fourth-order valence-corrected chi connectivity index (χ4v) is 2.46. The van der Waals surface area contributed by atoms with Crippen LogP contribution in [0.3, 0.4) is 0 Å². The van der Waals surface area contributed by atoms with Crippen molar-refractivity contribution in [2.45, 2.75) is 18.6 Å². The molecule has 1 fully saturated rings. The summed E-state index contributed by atoms with van der Waals surface area (Å²) in [5.74, 6) is -0.534. The molecular weight excluding hydrogens is 313 g/mol. The van der Waals surface area contributed by atoms with Gasteiger partial charge in [-0.1, -0.05) is 0 Å². The van der Waals surface area contributed by atoms with Gasteiger partial charge in [-0.25, -0.2) is 9.78 Å². The van der Waals surface area contributed by atoms with Crippen LogP contribution in [0.2, 0.25) is 0 Å². The highest BCUT2D eigenvalue weighted by molar-refractivity contribution is 5.93. The van der Waals surface area contributed by atoms with Crippen molar-refractivity contribution in [2.24, 2.45) is 0 Å². The molecule has 1 unspecified atom stereocenters. The molecule has 0 radical (unpaired) electrons. The minimum atomic E-state index is -4.16. The molecule has 0 bridgehead atoms. The third-order valence-electron chi connectivity index (χ3n) is 3.68. The third-order valence-corrected chi connectivity index (χ3v) is 3.68. The average Bonchev–Trinajstić information content (AvgIpc) is 2.52. The van der Waals surface area contributed by atoms with Gasteiger partial charge >= 0.3 is 12.1 Å². The highest BCUT2D eigenvalue weighted by Crippen LogP contribution is 2.23. The Morgan fingerprint density at radius 3 is 2.87 bits per heavy atom. The number of esters is 1. The molecule has 0 saturated carbocycles. The monoisotopic (exact) mass is 332 g/mol. The van der Waals surface area contributed by atoms with E-state index in [1.165, 1.54) is 13.2 Å². The number of rotatable bonds is 4. The quantitative estimate of drug-likeness (QED) is 0.810. The molecule has 0 aromatic carbocycles. The number of piperazine rings is 1. The molecule has 1 atom stereocenters. The van der Waals surface area contributed by atoms with Crippen molar-refractivity contribution in [3.63, 3.8) is 0 Å². The van der Waals surface area contributed by atoms with Gasteiger partial charge in [-0.2, -0.15) is 13.2 Å². The minimum absolute atomic E-state index is 0.0442. The van der Waals surface area contributed by atoms with Crippen molar-refractivity contribution in [3.8, 4) is 0 Å². The SMILES string of the molecule is COC(=O)c1ccc(C2CN(CCC(F)(F)F)CCN2)nc1N. The summed E-state index contributed by atoms with van der Waals surface area (Å²) in [7, 11) is 1.25. The molecule has 23 heavy (non-hydrogen) atoms. The molecule has 0 aliphatic carbocycles. The number of hydrogen-bond acceptors (Lipinski definition) is 6. The Morgan fingerprint density at radius 1 is 1.52 bits per heavy atom. The number of hydrogen-bond donors (Lipinski definition) is 2. The van der Waals surface area contributed by atoms with E-state index in [2.05, 4.69) is 15.0 Å². The van der Waals surface area contributed by atoms with E-state index in [9.17, 15) is 18.0 Å². The molecule has 1 aromatic rings. The van der Waals surface area contributed by atoms with Crippen LogP contribution in [0.1, 0.15) is 28.5 Å². The summed E-state index contributed by atoms with van der Waals surface area (Å²) in [6.07, 6.45) is -5.00. The number of aromatic nitrogens is 1. The summed E-state index contributed by atoms with van der Waals surface area (Å²) in [5.41, 5.74) is 6.51. The Hall–Kier alpha value is -1.87. The number of nitrogens with two attached hydrogens (primary N) is 1. The topological polar surface area (TPSA) is 80.5 Å². The molecule has 1 saturated heterocycles. The normalized spacial score (nSPS) is 19.6. The van der Waals surface area contributed by atoms with E-state index < -0.39 is 18.6 Å². The molecule has 9 heteroatoms. The molecule has 1 aliphatic rings. The van der Waals surface area contributed by atoms with E-state index in [-0.39, 0.29) is 24.0 Å². The zero-order valence-electron chi connectivity index (χ0n) is 12.7. The van der Waals surface area contributed by atoms with Crippen LogP contribution >= 0.6 is 0 Å². The predicted molar refractivity (Wildman–Crippen MR) is 77.8 cm³/mol. The van der Waals surface area contributed by atoms with Gasteiger partial charge in [0.1, 0.15) is 11.4 Å². The van der Waals surface area contributed by atoms with Gasteiger partial charge in [0, 0.05) is 26.2 Å². The van der Waals surface area contributed by atoms with Crippen molar-refractivity contribution in [1.29, 1.82) is 0 Å². The molecule has 128 valence electrons. The van der Waals surface area contributed by atoms with Gasteiger partial charge in [0.25, 0.3) is 0 Å². The number of ether oxygens (including phenoxy) is 1. The first kappa shape index (κ1) is 17.5. The molecule has 0 spiro atoms. The number of anilines is 1. The molecule has 1 aliphatic heterocycles. The third kappa shape index (κ3) is 4.80. The van der Waals surface area contributed by atoms with E-state index in [4.69, 9.17) is 5.73 Å². The summed E-state index contributed by atoms with van der Waals surface area (Å²) < 4.78 is 41.6. The number of alkyl halides is 3. The van der Waals surface area contributed by atoms with Crippen LogP contribution < -0.4 is 11.1 Å². The Balaban J connectivity index is 2.03. The molecule has 2 rings (SSSR count). The number of nitrogen functional groups attached to an aromatic ring is 1. The van der Waals surface area contributed by atoms with Crippen LogP contribution in [0.4, 0.5) is 19.0 Å². The zero-order valence-corrected chi connectivity index (χ0v) is 12.7. The predicted octanol–water partition coefficient (Wildman–Crippen LogP) is 1.35. The second-order valence-corrected chi connectivity index (χ2v) is 5.33. The summed E-state index contributed by atoms with van der Waals surface area (Å²) in [4.78, 5) is 17.4. The number of halogens is 3. The standard InChI is InChI=1S/C14H19F3N4O2/c1-23-13(22)9-2-3-10(20-12(9)18)11-8-21(7-5-19-11)6-4-14(15,16)17/h2-3,11,19H,4-8H2,1H3,(H2,18,20). The lowest BCUT2D eigenvalue weighted by Crippen LogP contribution is -2.46. The first-order valence-electron chi connectivity index (χ1n) is 7.17. The Labute approximate surface area is 131 Å². The van der Waals surface area contributed by atoms with Gasteiger partial charge in [0.05, 0.1) is 25.3 Å². The van der Waals surface area contributed by atoms with Crippen molar-refractivity contribution in [1.82, 2.24) is 15.2 Å². The number of carbonyl (C=O) groups excluding carboxylic acids is 1. The lowest BCUT2D eigenvalue weighted by molar-refractivity contribution is -0.138. The largest absolute Gasteiger partial charge is 0.465 e. The Morgan fingerprint density at radius 2 is 2.26 bits per heavy atom. The van der Waals surface area contributed by atoms with Crippen LogP contribution in [-0.2, 0) is 4.74 Å². The van der Waals surface area contributed by atoms with Crippen LogP contribution in [0.5, 0.6) is 0 Å². The number of nitrogens with zero attached hydrogens (tertiary/aromatic N) is 2. The van der Waals surface area contributed by atoms with Crippen molar-refractivity contribution in [3.05, 3.63) is 23.4 Å².